The lowest BCUT2D eigenvalue weighted by Crippen LogP contribution is -2.26. The Morgan fingerprint density at radius 1 is 1.00 bits per heavy atom. The van der Waals surface area contributed by atoms with Gasteiger partial charge < -0.3 is 0 Å². The van der Waals surface area contributed by atoms with E-state index in [1.807, 2.05) is 0 Å². The van der Waals surface area contributed by atoms with E-state index in [1.165, 1.54) is 0 Å². The second-order valence-corrected chi connectivity index (χ2v) is 3.56. The van der Waals surface area contributed by atoms with E-state index in [-0.39, 0.29) is 12.1 Å². The van der Waals surface area contributed by atoms with Crippen LogP contribution in [0.15, 0.2) is 9.98 Å². The zero-order valence-electron chi connectivity index (χ0n) is 7.56. The lowest BCUT2D eigenvalue weighted by Gasteiger charge is -2.26. The molecule has 0 N–H and O–H groups in total. The van der Waals surface area contributed by atoms with Crippen molar-refractivity contribution in [2.75, 3.05) is 0 Å². The van der Waals surface area contributed by atoms with Gasteiger partial charge in [-0.15, -0.1) is 0 Å². The molecule has 4 heteroatoms. The van der Waals surface area contributed by atoms with Gasteiger partial charge in [0.05, 0.1) is 12.1 Å². The largest absolute Gasteiger partial charge is 0.235 e. The molecule has 1 saturated carbocycles. The molecule has 1 rings (SSSR count). The smallest absolute Gasteiger partial charge is 0.211 e. The summed E-state index contributed by atoms with van der Waals surface area (Å²) in [7, 11) is 0. The predicted octanol–water partition coefficient (Wildman–Crippen LogP) is 1.22. The summed E-state index contributed by atoms with van der Waals surface area (Å²) < 4.78 is 0. The van der Waals surface area contributed by atoms with Gasteiger partial charge in [-0.2, -0.15) is 0 Å². The summed E-state index contributed by atoms with van der Waals surface area (Å²) in [6.07, 6.45) is 5.56. The Morgan fingerprint density at radius 3 is 1.85 bits per heavy atom. The van der Waals surface area contributed by atoms with Crippen LogP contribution in [-0.2, 0) is 9.59 Å². The fourth-order valence-corrected chi connectivity index (χ4v) is 1.89. The van der Waals surface area contributed by atoms with Crippen LogP contribution in [0, 0.1) is 5.92 Å². The zero-order chi connectivity index (χ0) is 9.68. The fraction of sp³-hybridized carbons (Fsp3) is 0.778. The number of hydrogen-bond acceptors (Lipinski definition) is 4. The number of nitrogens with zero attached hydrogens (tertiary/aromatic N) is 2. The highest BCUT2D eigenvalue weighted by Crippen LogP contribution is 2.27. The van der Waals surface area contributed by atoms with Crippen LogP contribution in [0.3, 0.4) is 0 Å². The minimum Gasteiger partial charge on any atom is -0.211 e. The van der Waals surface area contributed by atoms with E-state index in [2.05, 4.69) is 16.9 Å². The van der Waals surface area contributed by atoms with E-state index in [0.717, 1.165) is 12.8 Å². The maximum atomic E-state index is 10.0. The van der Waals surface area contributed by atoms with Crippen molar-refractivity contribution < 1.29 is 9.59 Å². The third kappa shape index (κ3) is 2.94. The minimum atomic E-state index is -0.0108. The molecule has 70 valence electrons. The first-order chi connectivity index (χ1) is 6.26. The molecule has 1 aliphatic rings. The molecule has 0 heterocycles. The molecule has 2 atom stereocenters. The summed E-state index contributed by atoms with van der Waals surface area (Å²) >= 11 is 0. The van der Waals surface area contributed by atoms with Gasteiger partial charge in [-0.1, -0.05) is 6.92 Å². The molecule has 2 unspecified atom stereocenters. The molecule has 0 saturated heterocycles. The topological polar surface area (TPSA) is 58.9 Å². The van der Waals surface area contributed by atoms with Gasteiger partial charge in [0.15, 0.2) is 0 Å². The van der Waals surface area contributed by atoms with Crippen LogP contribution < -0.4 is 0 Å². The Balaban J connectivity index is 2.61. The number of isocyanates is 2. The number of rotatable bonds is 2. The van der Waals surface area contributed by atoms with Gasteiger partial charge in [-0.3, -0.25) is 0 Å². The summed E-state index contributed by atoms with van der Waals surface area (Å²) in [4.78, 5) is 27.4. The summed E-state index contributed by atoms with van der Waals surface area (Å²) in [6.45, 7) is 2.07. The van der Waals surface area contributed by atoms with Gasteiger partial charge in [0.2, 0.25) is 12.2 Å². The second kappa shape index (κ2) is 4.70. The highest BCUT2D eigenvalue weighted by molar-refractivity contribution is 5.35. The van der Waals surface area contributed by atoms with Gasteiger partial charge >= 0.3 is 0 Å². The van der Waals surface area contributed by atoms with Crippen LogP contribution >= 0.6 is 0 Å². The number of aliphatic imine (C=N–C) groups is 2. The molecule has 0 aromatic carbocycles. The van der Waals surface area contributed by atoms with Crippen molar-refractivity contribution in [2.24, 2.45) is 15.9 Å². The molecule has 13 heavy (non-hydrogen) atoms. The number of hydrogen-bond donors (Lipinski definition) is 0. The molecule has 1 fully saturated rings. The average Bonchev–Trinajstić information content (AvgIpc) is 2.04. The Hall–Kier alpha value is -1.24. The maximum Gasteiger partial charge on any atom is 0.235 e. The molecular formula is C9H12N2O2. The SMILES string of the molecule is CC1CC(N=C=O)CC(N=C=O)C1. The standard InChI is InChI=1S/C9H12N2O2/c1-7-2-8(10-5-12)4-9(3-7)11-6-13/h7-9H,2-4H2,1H3. The summed E-state index contributed by atoms with van der Waals surface area (Å²) in [5.41, 5.74) is 0. The Bertz CT molecular complexity index is 239. The second-order valence-electron chi connectivity index (χ2n) is 3.56. The van der Waals surface area contributed by atoms with Gasteiger partial charge in [0, 0.05) is 0 Å². The molecule has 0 spiro atoms. The molecule has 0 radical (unpaired) electrons. The van der Waals surface area contributed by atoms with Crippen molar-refractivity contribution in [1.29, 1.82) is 0 Å². The molecule has 0 amide bonds. The van der Waals surface area contributed by atoms with Crippen LogP contribution in [0.2, 0.25) is 0 Å². The lowest BCUT2D eigenvalue weighted by molar-refractivity contribution is 0.310. The van der Waals surface area contributed by atoms with Crippen LogP contribution in [0.5, 0.6) is 0 Å². The molecule has 1 aliphatic carbocycles. The normalized spacial score (nSPS) is 32.8. The van der Waals surface area contributed by atoms with Crippen LogP contribution in [0.1, 0.15) is 26.2 Å². The van der Waals surface area contributed by atoms with Crippen molar-refractivity contribution in [2.45, 2.75) is 38.3 Å². The first-order valence-corrected chi connectivity index (χ1v) is 4.40. The van der Waals surface area contributed by atoms with E-state index >= 15 is 0 Å². The van der Waals surface area contributed by atoms with Gasteiger partial charge in [0.1, 0.15) is 0 Å². The van der Waals surface area contributed by atoms with Crippen LogP contribution in [0.4, 0.5) is 0 Å². The zero-order valence-corrected chi connectivity index (χ0v) is 7.56. The van der Waals surface area contributed by atoms with Gasteiger partial charge in [-0.25, -0.2) is 19.6 Å². The quantitative estimate of drug-likeness (QED) is 0.473. The van der Waals surface area contributed by atoms with Gasteiger partial charge in [-0.05, 0) is 25.2 Å². The molecule has 0 bridgehead atoms. The monoisotopic (exact) mass is 180 g/mol. The van der Waals surface area contributed by atoms with E-state index in [1.54, 1.807) is 12.2 Å². The lowest BCUT2D eigenvalue weighted by atomic mass is 9.84. The first kappa shape index (κ1) is 9.85. The fourth-order valence-electron chi connectivity index (χ4n) is 1.89. The summed E-state index contributed by atoms with van der Waals surface area (Å²) in [6, 6.07) is -0.0216. The summed E-state index contributed by atoms with van der Waals surface area (Å²) in [5, 5.41) is 0. The predicted molar refractivity (Wildman–Crippen MR) is 46.8 cm³/mol. The first-order valence-electron chi connectivity index (χ1n) is 4.40. The minimum absolute atomic E-state index is 0.0108. The van der Waals surface area contributed by atoms with E-state index in [9.17, 15) is 9.59 Å². The Kier molecular flexibility index (Phi) is 3.56. The number of carbonyl (C=O) groups excluding carboxylic acids is 2. The third-order valence-corrected chi connectivity index (χ3v) is 2.36. The van der Waals surface area contributed by atoms with Gasteiger partial charge in [0.25, 0.3) is 0 Å². The summed E-state index contributed by atoms with van der Waals surface area (Å²) in [5.74, 6) is 0.456. The highest BCUT2D eigenvalue weighted by Gasteiger charge is 2.25. The van der Waals surface area contributed by atoms with Crippen molar-refractivity contribution in [3.05, 3.63) is 0 Å². The van der Waals surface area contributed by atoms with Crippen molar-refractivity contribution >= 4 is 12.2 Å². The molecule has 4 nitrogen and oxygen atoms in total. The van der Waals surface area contributed by atoms with Crippen molar-refractivity contribution in [1.82, 2.24) is 0 Å². The van der Waals surface area contributed by atoms with Crippen LogP contribution in [0.25, 0.3) is 0 Å². The Labute approximate surface area is 76.8 Å². The van der Waals surface area contributed by atoms with Crippen molar-refractivity contribution in [3.63, 3.8) is 0 Å². The van der Waals surface area contributed by atoms with Crippen LogP contribution in [-0.4, -0.2) is 24.2 Å². The van der Waals surface area contributed by atoms with E-state index in [4.69, 9.17) is 0 Å². The van der Waals surface area contributed by atoms with Crippen molar-refractivity contribution in [3.8, 4) is 0 Å². The molecule has 0 aromatic heterocycles. The molecule has 0 aromatic rings. The third-order valence-electron chi connectivity index (χ3n) is 2.36. The average molecular weight is 180 g/mol. The highest BCUT2D eigenvalue weighted by atomic mass is 16.1. The Morgan fingerprint density at radius 2 is 1.46 bits per heavy atom. The molecular weight excluding hydrogens is 168 g/mol. The van der Waals surface area contributed by atoms with E-state index < -0.39 is 0 Å². The molecule has 0 aliphatic heterocycles. The van der Waals surface area contributed by atoms with E-state index in [0.29, 0.717) is 12.3 Å². The maximum absolute atomic E-state index is 10.0.